The van der Waals surface area contributed by atoms with E-state index < -0.39 is 0 Å². The van der Waals surface area contributed by atoms with Gasteiger partial charge in [0.2, 0.25) is 0 Å². The fourth-order valence-electron chi connectivity index (χ4n) is 0.660. The Hall–Kier alpha value is 0.580. The Morgan fingerprint density at radius 1 is 1.55 bits per heavy atom. The third-order valence-corrected chi connectivity index (χ3v) is 3.92. The van der Waals surface area contributed by atoms with Crippen LogP contribution >= 0.6 is 51.1 Å². The van der Waals surface area contributed by atoms with Crippen molar-refractivity contribution in [2.45, 2.75) is 4.90 Å². The van der Waals surface area contributed by atoms with Gasteiger partial charge in [0.25, 0.3) is 0 Å². The van der Waals surface area contributed by atoms with E-state index in [1.165, 1.54) is 0 Å². The van der Waals surface area contributed by atoms with Crippen molar-refractivity contribution in [2.75, 3.05) is 7.11 Å². The van der Waals surface area contributed by atoms with Crippen LogP contribution in [0.1, 0.15) is 0 Å². The van der Waals surface area contributed by atoms with Crippen molar-refractivity contribution in [3.05, 3.63) is 20.2 Å². The monoisotopic (exact) mass is 344 g/mol. The van der Waals surface area contributed by atoms with Crippen LogP contribution in [0.3, 0.4) is 0 Å². The number of rotatable bonds is 1. The summed E-state index contributed by atoms with van der Waals surface area (Å²) in [6.07, 6.45) is 0. The summed E-state index contributed by atoms with van der Waals surface area (Å²) in [5.41, 5.74) is 0. The molecule has 0 aliphatic carbocycles. The molecule has 0 atom stereocenters. The van der Waals surface area contributed by atoms with Crippen LogP contribution in [-0.2, 0) is 0 Å². The Balaban J connectivity index is 3.21. The molecule has 0 fully saturated rings. The molecule has 0 saturated heterocycles. The number of thiol groups is 1. The van der Waals surface area contributed by atoms with E-state index in [0.29, 0.717) is 0 Å². The highest BCUT2D eigenvalue weighted by Gasteiger charge is 2.02. The van der Waals surface area contributed by atoms with Gasteiger partial charge >= 0.3 is 0 Å². The van der Waals surface area contributed by atoms with Crippen LogP contribution in [0.2, 0.25) is 0 Å². The standard InChI is InChI=1S/C7H6BrIOS/c1-10-4-2-5(8)7(11)6(9)3-4/h2-3,11H,1H3. The second-order valence-corrected chi connectivity index (χ2v) is 4.40. The van der Waals surface area contributed by atoms with E-state index in [2.05, 4.69) is 51.1 Å². The lowest BCUT2D eigenvalue weighted by molar-refractivity contribution is 0.414. The first-order valence-electron chi connectivity index (χ1n) is 2.87. The van der Waals surface area contributed by atoms with E-state index in [9.17, 15) is 0 Å². The number of hydrogen-bond donors (Lipinski definition) is 1. The summed E-state index contributed by atoms with van der Waals surface area (Å²) in [5.74, 6) is 0.846. The van der Waals surface area contributed by atoms with Crippen molar-refractivity contribution in [3.63, 3.8) is 0 Å². The molecule has 60 valence electrons. The molecule has 0 aliphatic heterocycles. The summed E-state index contributed by atoms with van der Waals surface area (Å²) >= 11 is 9.88. The maximum absolute atomic E-state index is 5.06. The Labute approximate surface area is 93.2 Å². The fourth-order valence-corrected chi connectivity index (χ4v) is 2.20. The van der Waals surface area contributed by atoms with E-state index in [-0.39, 0.29) is 0 Å². The van der Waals surface area contributed by atoms with Crippen LogP contribution in [0.5, 0.6) is 5.75 Å². The number of methoxy groups -OCH3 is 1. The highest BCUT2D eigenvalue weighted by molar-refractivity contribution is 14.1. The molecular weight excluding hydrogens is 339 g/mol. The van der Waals surface area contributed by atoms with Gasteiger partial charge in [-0.1, -0.05) is 0 Å². The van der Waals surface area contributed by atoms with E-state index in [0.717, 1.165) is 18.7 Å². The van der Waals surface area contributed by atoms with E-state index in [1.807, 2.05) is 12.1 Å². The van der Waals surface area contributed by atoms with Crippen molar-refractivity contribution in [1.29, 1.82) is 0 Å². The molecule has 0 spiro atoms. The van der Waals surface area contributed by atoms with Crippen molar-refractivity contribution >= 4 is 51.1 Å². The number of benzene rings is 1. The third-order valence-electron chi connectivity index (χ3n) is 1.23. The van der Waals surface area contributed by atoms with E-state index >= 15 is 0 Å². The van der Waals surface area contributed by atoms with Gasteiger partial charge < -0.3 is 4.74 Å². The summed E-state index contributed by atoms with van der Waals surface area (Å²) in [6, 6.07) is 3.83. The predicted octanol–water partition coefficient (Wildman–Crippen LogP) is 3.35. The molecule has 0 aliphatic rings. The first kappa shape index (κ1) is 9.67. The lowest BCUT2D eigenvalue weighted by Crippen LogP contribution is -1.85. The highest BCUT2D eigenvalue weighted by Crippen LogP contribution is 2.30. The van der Waals surface area contributed by atoms with Crippen LogP contribution in [-0.4, -0.2) is 7.11 Å². The molecule has 1 aromatic carbocycles. The molecule has 0 bridgehead atoms. The normalized spacial score (nSPS) is 9.82. The smallest absolute Gasteiger partial charge is 0.121 e. The topological polar surface area (TPSA) is 9.23 Å². The molecule has 1 aromatic rings. The van der Waals surface area contributed by atoms with E-state index in [4.69, 9.17) is 4.74 Å². The summed E-state index contributed by atoms with van der Waals surface area (Å²) in [7, 11) is 1.65. The molecule has 1 rings (SSSR count). The molecule has 0 radical (unpaired) electrons. The van der Waals surface area contributed by atoms with Crippen molar-refractivity contribution < 1.29 is 4.74 Å². The van der Waals surface area contributed by atoms with Gasteiger partial charge in [0.15, 0.2) is 0 Å². The molecule has 1 nitrogen and oxygen atoms in total. The SMILES string of the molecule is COc1cc(Br)c(S)c(I)c1. The fraction of sp³-hybridized carbons (Fsp3) is 0.143. The zero-order chi connectivity index (χ0) is 8.43. The molecule has 11 heavy (non-hydrogen) atoms. The zero-order valence-electron chi connectivity index (χ0n) is 5.77. The number of hydrogen-bond acceptors (Lipinski definition) is 2. The molecule has 0 saturated carbocycles. The van der Waals surface area contributed by atoms with Crippen molar-refractivity contribution in [1.82, 2.24) is 0 Å². The summed E-state index contributed by atoms with van der Waals surface area (Å²) in [5, 5.41) is 0. The average Bonchev–Trinajstić information content (AvgIpc) is 1.99. The Bertz CT molecular complexity index is 254. The first-order chi connectivity index (χ1) is 5.15. The van der Waals surface area contributed by atoms with Crippen LogP contribution < -0.4 is 4.74 Å². The molecule has 0 N–H and O–H groups in total. The average molecular weight is 345 g/mol. The zero-order valence-corrected chi connectivity index (χ0v) is 10.4. The lowest BCUT2D eigenvalue weighted by Gasteiger charge is -2.04. The minimum atomic E-state index is 0.846. The Morgan fingerprint density at radius 2 is 2.18 bits per heavy atom. The van der Waals surface area contributed by atoms with Crippen LogP contribution in [0.25, 0.3) is 0 Å². The second kappa shape index (κ2) is 4.00. The van der Waals surface area contributed by atoms with Gasteiger partial charge in [0, 0.05) is 12.9 Å². The summed E-state index contributed by atoms with van der Waals surface area (Å²) < 4.78 is 7.11. The summed E-state index contributed by atoms with van der Waals surface area (Å²) in [4.78, 5) is 0.950. The van der Waals surface area contributed by atoms with Gasteiger partial charge in [0.1, 0.15) is 5.75 Å². The maximum atomic E-state index is 5.06. The number of ether oxygens (including phenoxy) is 1. The van der Waals surface area contributed by atoms with Crippen molar-refractivity contribution in [2.24, 2.45) is 0 Å². The van der Waals surface area contributed by atoms with Gasteiger partial charge in [-0.25, -0.2) is 0 Å². The minimum Gasteiger partial charge on any atom is -0.497 e. The molecule has 0 heterocycles. The van der Waals surface area contributed by atoms with Gasteiger partial charge in [0.05, 0.1) is 7.11 Å². The Morgan fingerprint density at radius 3 is 2.64 bits per heavy atom. The van der Waals surface area contributed by atoms with E-state index in [1.54, 1.807) is 7.11 Å². The lowest BCUT2D eigenvalue weighted by atomic mass is 10.3. The Kier molecular flexibility index (Phi) is 3.52. The van der Waals surface area contributed by atoms with Gasteiger partial charge in [-0.3, -0.25) is 0 Å². The van der Waals surface area contributed by atoms with Crippen LogP contribution in [0.15, 0.2) is 21.5 Å². The van der Waals surface area contributed by atoms with Crippen LogP contribution in [0, 0.1) is 3.57 Å². The first-order valence-corrected chi connectivity index (χ1v) is 5.19. The second-order valence-electron chi connectivity index (χ2n) is 1.94. The molecule has 0 unspecified atom stereocenters. The van der Waals surface area contributed by atoms with Gasteiger partial charge in [-0.2, -0.15) is 0 Å². The molecule has 4 heteroatoms. The van der Waals surface area contributed by atoms with Crippen LogP contribution in [0.4, 0.5) is 0 Å². The van der Waals surface area contributed by atoms with Gasteiger partial charge in [-0.05, 0) is 50.7 Å². The minimum absolute atomic E-state index is 0.846. The number of halogens is 2. The van der Waals surface area contributed by atoms with Gasteiger partial charge in [-0.15, -0.1) is 12.6 Å². The summed E-state index contributed by atoms with van der Waals surface area (Å²) in [6.45, 7) is 0. The largest absolute Gasteiger partial charge is 0.497 e. The quantitative estimate of drug-likeness (QED) is 0.607. The third kappa shape index (κ3) is 2.26. The predicted molar refractivity (Wildman–Crippen MR) is 60.7 cm³/mol. The van der Waals surface area contributed by atoms with Crippen molar-refractivity contribution in [3.8, 4) is 5.75 Å². The molecular formula is C7H6BrIOS. The highest BCUT2D eigenvalue weighted by atomic mass is 127. The molecule has 0 aromatic heterocycles. The maximum Gasteiger partial charge on any atom is 0.121 e. The molecule has 0 amide bonds.